The van der Waals surface area contributed by atoms with E-state index < -0.39 is 0 Å². The molecule has 0 atom stereocenters. The lowest BCUT2D eigenvalue weighted by Gasteiger charge is -2.10. The number of pyridine rings is 1. The summed E-state index contributed by atoms with van der Waals surface area (Å²) in [5.41, 5.74) is 1.69. The maximum atomic E-state index is 11.8. The number of hydrogen-bond donors (Lipinski definition) is 2. The monoisotopic (exact) mass is 319 g/mol. The van der Waals surface area contributed by atoms with Crippen molar-refractivity contribution in [3.63, 3.8) is 0 Å². The SMILES string of the molecule is CCOc1ccc(NC(=O)NCCc2cccnc2)cc1Cl. The summed E-state index contributed by atoms with van der Waals surface area (Å²) in [6.45, 7) is 2.96. The predicted octanol–water partition coefficient (Wildman–Crippen LogP) is 3.50. The number of nitrogens with one attached hydrogen (secondary N) is 2. The number of anilines is 1. The fourth-order valence-corrected chi connectivity index (χ4v) is 2.13. The fourth-order valence-electron chi connectivity index (χ4n) is 1.89. The number of nitrogens with zero attached hydrogens (tertiary/aromatic N) is 1. The number of benzene rings is 1. The van der Waals surface area contributed by atoms with Crippen LogP contribution in [0.1, 0.15) is 12.5 Å². The summed E-state index contributed by atoms with van der Waals surface area (Å²) >= 11 is 6.07. The number of aromatic nitrogens is 1. The van der Waals surface area contributed by atoms with Gasteiger partial charge in [0.1, 0.15) is 5.75 Å². The van der Waals surface area contributed by atoms with E-state index in [4.69, 9.17) is 16.3 Å². The molecule has 1 heterocycles. The molecule has 0 spiro atoms. The van der Waals surface area contributed by atoms with Crippen LogP contribution < -0.4 is 15.4 Å². The molecule has 2 N–H and O–H groups in total. The van der Waals surface area contributed by atoms with Gasteiger partial charge in [-0.15, -0.1) is 0 Å². The third kappa shape index (κ3) is 4.93. The number of hydrogen-bond acceptors (Lipinski definition) is 3. The summed E-state index contributed by atoms with van der Waals surface area (Å²) in [6.07, 6.45) is 4.23. The van der Waals surface area contributed by atoms with Crippen LogP contribution in [0.3, 0.4) is 0 Å². The van der Waals surface area contributed by atoms with Crippen LogP contribution in [0, 0.1) is 0 Å². The van der Waals surface area contributed by atoms with Crippen molar-refractivity contribution in [2.24, 2.45) is 0 Å². The van der Waals surface area contributed by atoms with Gasteiger partial charge in [-0.25, -0.2) is 4.79 Å². The molecule has 0 unspecified atom stereocenters. The van der Waals surface area contributed by atoms with E-state index in [0.29, 0.717) is 29.6 Å². The van der Waals surface area contributed by atoms with Gasteiger partial charge in [0, 0.05) is 24.6 Å². The molecule has 0 aliphatic carbocycles. The Morgan fingerprint density at radius 3 is 2.91 bits per heavy atom. The second kappa shape index (κ2) is 8.24. The van der Waals surface area contributed by atoms with Gasteiger partial charge in [-0.05, 0) is 43.2 Å². The van der Waals surface area contributed by atoms with E-state index in [0.717, 1.165) is 12.0 Å². The average Bonchev–Trinajstić information content (AvgIpc) is 2.51. The van der Waals surface area contributed by atoms with Crippen molar-refractivity contribution < 1.29 is 9.53 Å². The van der Waals surface area contributed by atoms with Crippen molar-refractivity contribution in [1.82, 2.24) is 10.3 Å². The summed E-state index contributed by atoms with van der Waals surface area (Å²) in [4.78, 5) is 15.8. The number of carbonyl (C=O) groups is 1. The molecule has 1 aromatic carbocycles. The van der Waals surface area contributed by atoms with E-state index in [2.05, 4.69) is 15.6 Å². The van der Waals surface area contributed by atoms with Gasteiger partial charge in [-0.3, -0.25) is 4.98 Å². The molecule has 1 aromatic heterocycles. The molecule has 0 bridgehead atoms. The van der Waals surface area contributed by atoms with Gasteiger partial charge < -0.3 is 15.4 Å². The van der Waals surface area contributed by atoms with E-state index in [1.807, 2.05) is 19.1 Å². The Morgan fingerprint density at radius 2 is 2.23 bits per heavy atom. The van der Waals surface area contributed by atoms with E-state index >= 15 is 0 Å². The zero-order chi connectivity index (χ0) is 15.8. The molecule has 2 amide bonds. The second-order valence-corrected chi connectivity index (χ2v) is 4.98. The first-order valence-electron chi connectivity index (χ1n) is 7.05. The summed E-state index contributed by atoms with van der Waals surface area (Å²) in [7, 11) is 0. The smallest absolute Gasteiger partial charge is 0.319 e. The van der Waals surface area contributed by atoms with Gasteiger partial charge >= 0.3 is 6.03 Å². The number of carbonyl (C=O) groups excluding carboxylic acids is 1. The minimum absolute atomic E-state index is 0.274. The number of halogens is 1. The topological polar surface area (TPSA) is 63.2 Å². The van der Waals surface area contributed by atoms with Crippen LogP contribution in [-0.2, 0) is 6.42 Å². The van der Waals surface area contributed by atoms with Crippen molar-refractivity contribution in [1.29, 1.82) is 0 Å². The van der Waals surface area contributed by atoms with Gasteiger partial charge in [0.2, 0.25) is 0 Å². The fraction of sp³-hybridized carbons (Fsp3) is 0.250. The summed E-state index contributed by atoms with van der Waals surface area (Å²) in [6, 6.07) is 8.71. The molecule has 2 rings (SSSR count). The van der Waals surface area contributed by atoms with Gasteiger partial charge in [0.25, 0.3) is 0 Å². The van der Waals surface area contributed by atoms with E-state index in [1.165, 1.54) is 0 Å². The minimum Gasteiger partial charge on any atom is -0.492 e. The lowest BCUT2D eigenvalue weighted by atomic mass is 10.2. The van der Waals surface area contributed by atoms with E-state index in [1.54, 1.807) is 30.6 Å². The number of ether oxygens (including phenoxy) is 1. The standard InChI is InChI=1S/C16H18ClN3O2/c1-2-22-15-6-5-13(10-14(15)17)20-16(21)19-9-7-12-4-3-8-18-11-12/h3-6,8,10-11H,2,7,9H2,1H3,(H2,19,20,21). The van der Waals surface area contributed by atoms with Crippen molar-refractivity contribution >= 4 is 23.3 Å². The zero-order valence-electron chi connectivity index (χ0n) is 12.3. The molecular formula is C16H18ClN3O2. The molecule has 116 valence electrons. The highest BCUT2D eigenvalue weighted by Crippen LogP contribution is 2.27. The Bertz CT molecular complexity index is 620. The van der Waals surface area contributed by atoms with Gasteiger partial charge in [0.15, 0.2) is 0 Å². The molecule has 5 nitrogen and oxygen atoms in total. The van der Waals surface area contributed by atoms with Crippen LogP contribution >= 0.6 is 11.6 Å². The summed E-state index contributed by atoms with van der Waals surface area (Å²) < 4.78 is 5.34. The number of rotatable bonds is 6. The van der Waals surface area contributed by atoms with Crippen molar-refractivity contribution in [3.8, 4) is 5.75 Å². The van der Waals surface area contributed by atoms with Crippen LogP contribution in [0.4, 0.5) is 10.5 Å². The average molecular weight is 320 g/mol. The highest BCUT2D eigenvalue weighted by molar-refractivity contribution is 6.32. The Balaban J connectivity index is 1.80. The first-order valence-corrected chi connectivity index (χ1v) is 7.43. The Hall–Kier alpha value is -2.27. The Labute approximate surface area is 134 Å². The van der Waals surface area contributed by atoms with Crippen LogP contribution in [0.2, 0.25) is 5.02 Å². The molecule has 0 radical (unpaired) electrons. The first kappa shape index (κ1) is 16.1. The highest BCUT2D eigenvalue weighted by atomic mass is 35.5. The summed E-state index contributed by atoms with van der Waals surface area (Å²) in [5.74, 6) is 0.603. The number of amides is 2. The maximum absolute atomic E-state index is 11.8. The largest absolute Gasteiger partial charge is 0.492 e. The first-order chi connectivity index (χ1) is 10.7. The van der Waals surface area contributed by atoms with E-state index in [-0.39, 0.29) is 6.03 Å². The number of urea groups is 1. The molecule has 0 aliphatic heterocycles. The molecular weight excluding hydrogens is 302 g/mol. The van der Waals surface area contributed by atoms with Gasteiger partial charge in [-0.2, -0.15) is 0 Å². The van der Waals surface area contributed by atoms with Crippen molar-refractivity contribution in [2.45, 2.75) is 13.3 Å². The third-order valence-corrected chi connectivity index (χ3v) is 3.21. The van der Waals surface area contributed by atoms with E-state index in [9.17, 15) is 4.79 Å². The van der Waals surface area contributed by atoms with Crippen molar-refractivity contribution in [2.75, 3.05) is 18.5 Å². The normalized spacial score (nSPS) is 10.1. The van der Waals surface area contributed by atoms with Gasteiger partial charge in [0.05, 0.1) is 11.6 Å². The molecule has 6 heteroatoms. The zero-order valence-corrected chi connectivity index (χ0v) is 13.1. The Morgan fingerprint density at radius 1 is 1.36 bits per heavy atom. The third-order valence-electron chi connectivity index (χ3n) is 2.91. The van der Waals surface area contributed by atoms with Crippen LogP contribution in [0.15, 0.2) is 42.7 Å². The second-order valence-electron chi connectivity index (χ2n) is 4.57. The lowest BCUT2D eigenvalue weighted by Crippen LogP contribution is -2.30. The summed E-state index contributed by atoms with van der Waals surface area (Å²) in [5, 5.41) is 5.99. The maximum Gasteiger partial charge on any atom is 0.319 e. The molecule has 2 aromatic rings. The molecule has 0 aliphatic rings. The highest BCUT2D eigenvalue weighted by Gasteiger charge is 2.05. The van der Waals surface area contributed by atoms with Crippen LogP contribution in [-0.4, -0.2) is 24.2 Å². The van der Waals surface area contributed by atoms with Gasteiger partial charge in [-0.1, -0.05) is 17.7 Å². The molecule has 22 heavy (non-hydrogen) atoms. The van der Waals surface area contributed by atoms with Crippen LogP contribution in [0.25, 0.3) is 0 Å². The predicted molar refractivity (Wildman–Crippen MR) is 87.6 cm³/mol. The molecule has 0 saturated heterocycles. The molecule has 0 saturated carbocycles. The van der Waals surface area contributed by atoms with Crippen LogP contribution in [0.5, 0.6) is 5.75 Å². The Kier molecular flexibility index (Phi) is 6.03. The molecule has 0 fully saturated rings. The minimum atomic E-state index is -0.274. The van der Waals surface area contributed by atoms with Crippen molar-refractivity contribution in [3.05, 3.63) is 53.3 Å². The lowest BCUT2D eigenvalue weighted by molar-refractivity contribution is 0.252. The quantitative estimate of drug-likeness (QED) is 0.856.